The average Bonchev–Trinajstić information content (AvgIpc) is 2.89. The maximum atomic E-state index is 5.23. The molecule has 6 heteroatoms. The van der Waals surface area contributed by atoms with Crippen molar-refractivity contribution in [1.29, 1.82) is 0 Å². The van der Waals surface area contributed by atoms with Gasteiger partial charge < -0.3 is 9.47 Å². The molecular weight excluding hydrogens is 220 g/mol. The zero-order valence-corrected chi connectivity index (χ0v) is 9.57. The molecule has 88 valence electrons. The molecule has 0 amide bonds. The quantitative estimate of drug-likeness (QED) is 0.742. The van der Waals surface area contributed by atoms with Gasteiger partial charge in [0, 0.05) is 5.56 Å². The summed E-state index contributed by atoms with van der Waals surface area (Å²) in [6.07, 6.45) is 4.66. The minimum Gasteiger partial charge on any atom is -0.497 e. The van der Waals surface area contributed by atoms with Crippen LogP contribution in [0.5, 0.6) is 11.5 Å². The van der Waals surface area contributed by atoms with E-state index in [9.17, 15) is 0 Å². The Morgan fingerprint density at radius 3 is 2.59 bits per heavy atom. The van der Waals surface area contributed by atoms with Gasteiger partial charge in [-0.1, -0.05) is 0 Å². The lowest BCUT2D eigenvalue weighted by molar-refractivity contribution is 0.402. The van der Waals surface area contributed by atoms with Crippen molar-refractivity contribution in [3.8, 4) is 11.5 Å². The van der Waals surface area contributed by atoms with Crippen molar-refractivity contribution in [3.05, 3.63) is 36.4 Å². The van der Waals surface area contributed by atoms with Gasteiger partial charge >= 0.3 is 0 Å². The molecule has 0 aliphatic heterocycles. The molecule has 0 bridgehead atoms. The fourth-order valence-electron chi connectivity index (χ4n) is 1.32. The molecular formula is C11H12N4O2. The Morgan fingerprint density at radius 1 is 1.18 bits per heavy atom. The van der Waals surface area contributed by atoms with Gasteiger partial charge in [-0.05, 0) is 18.2 Å². The Labute approximate surface area is 98.5 Å². The molecule has 0 unspecified atom stereocenters. The van der Waals surface area contributed by atoms with Gasteiger partial charge in [-0.2, -0.15) is 5.10 Å². The lowest BCUT2D eigenvalue weighted by Gasteiger charge is -2.06. The van der Waals surface area contributed by atoms with E-state index in [2.05, 4.69) is 15.3 Å². The van der Waals surface area contributed by atoms with Crippen LogP contribution in [0.2, 0.25) is 0 Å². The molecule has 0 aliphatic rings. The SMILES string of the molecule is COc1ccc(OC)c(/C=N\n2cnnc2)c1. The number of aromatic nitrogens is 3. The molecule has 0 aliphatic carbocycles. The highest BCUT2D eigenvalue weighted by Crippen LogP contribution is 2.22. The van der Waals surface area contributed by atoms with Crippen LogP contribution < -0.4 is 9.47 Å². The van der Waals surface area contributed by atoms with Crippen LogP contribution in [0.15, 0.2) is 36.0 Å². The summed E-state index contributed by atoms with van der Waals surface area (Å²) in [6, 6.07) is 5.49. The number of hydrogen-bond acceptors (Lipinski definition) is 5. The number of ether oxygens (including phenoxy) is 2. The molecule has 17 heavy (non-hydrogen) atoms. The Bertz CT molecular complexity index is 508. The molecule has 0 N–H and O–H groups in total. The van der Waals surface area contributed by atoms with Crippen molar-refractivity contribution < 1.29 is 9.47 Å². The summed E-state index contributed by atoms with van der Waals surface area (Å²) in [7, 11) is 3.22. The van der Waals surface area contributed by atoms with Gasteiger partial charge in [-0.3, -0.25) is 0 Å². The predicted octanol–water partition coefficient (Wildman–Crippen LogP) is 1.18. The summed E-state index contributed by atoms with van der Waals surface area (Å²) >= 11 is 0. The molecule has 0 radical (unpaired) electrons. The predicted molar refractivity (Wildman–Crippen MR) is 62.6 cm³/mol. The second-order valence-electron chi connectivity index (χ2n) is 3.19. The Kier molecular flexibility index (Phi) is 3.34. The van der Waals surface area contributed by atoms with Gasteiger partial charge in [0.15, 0.2) is 0 Å². The Balaban J connectivity index is 2.29. The lowest BCUT2D eigenvalue weighted by Crippen LogP contribution is -1.94. The first kappa shape index (κ1) is 11.1. The van der Waals surface area contributed by atoms with E-state index in [1.807, 2.05) is 18.2 Å². The molecule has 0 saturated heterocycles. The minimum absolute atomic E-state index is 0.725. The number of nitrogens with zero attached hydrogens (tertiary/aromatic N) is 4. The molecule has 6 nitrogen and oxygen atoms in total. The van der Waals surface area contributed by atoms with Gasteiger partial charge in [0.2, 0.25) is 0 Å². The summed E-state index contributed by atoms with van der Waals surface area (Å²) in [5, 5.41) is 11.5. The average molecular weight is 232 g/mol. The highest BCUT2D eigenvalue weighted by Gasteiger charge is 2.02. The number of methoxy groups -OCH3 is 2. The van der Waals surface area contributed by atoms with Gasteiger partial charge in [0.05, 0.1) is 20.4 Å². The third-order valence-electron chi connectivity index (χ3n) is 2.17. The second kappa shape index (κ2) is 5.11. The molecule has 1 aromatic heterocycles. The number of hydrogen-bond donors (Lipinski definition) is 0. The smallest absolute Gasteiger partial charge is 0.141 e. The summed E-state index contributed by atoms with van der Waals surface area (Å²) in [6.45, 7) is 0. The zero-order valence-electron chi connectivity index (χ0n) is 9.57. The van der Waals surface area contributed by atoms with Crippen LogP contribution in [0.3, 0.4) is 0 Å². The van der Waals surface area contributed by atoms with Crippen LogP contribution in [-0.4, -0.2) is 35.3 Å². The van der Waals surface area contributed by atoms with E-state index in [0.717, 1.165) is 17.1 Å². The summed E-state index contributed by atoms with van der Waals surface area (Å²) < 4.78 is 11.9. The molecule has 0 spiro atoms. The van der Waals surface area contributed by atoms with Crippen LogP contribution in [-0.2, 0) is 0 Å². The number of benzene rings is 1. The van der Waals surface area contributed by atoms with E-state index in [4.69, 9.17) is 9.47 Å². The van der Waals surface area contributed by atoms with Gasteiger partial charge in [0.25, 0.3) is 0 Å². The zero-order chi connectivity index (χ0) is 12.1. The summed E-state index contributed by atoms with van der Waals surface area (Å²) in [5.41, 5.74) is 0.820. The minimum atomic E-state index is 0.725. The highest BCUT2D eigenvalue weighted by atomic mass is 16.5. The Morgan fingerprint density at radius 2 is 1.94 bits per heavy atom. The van der Waals surface area contributed by atoms with Crippen LogP contribution in [0.1, 0.15) is 5.56 Å². The fraction of sp³-hybridized carbons (Fsp3) is 0.182. The van der Waals surface area contributed by atoms with Crippen molar-refractivity contribution in [2.24, 2.45) is 5.10 Å². The van der Waals surface area contributed by atoms with E-state index in [0.29, 0.717) is 0 Å². The van der Waals surface area contributed by atoms with Gasteiger partial charge in [-0.25, -0.2) is 4.68 Å². The monoisotopic (exact) mass is 232 g/mol. The standard InChI is InChI=1S/C11H12N4O2/c1-16-10-3-4-11(17-2)9(5-10)6-14-15-7-12-13-8-15/h3-8H,1-2H3/b14-6-. The molecule has 0 fully saturated rings. The van der Waals surface area contributed by atoms with Crippen molar-refractivity contribution in [1.82, 2.24) is 14.9 Å². The second-order valence-corrected chi connectivity index (χ2v) is 3.19. The molecule has 2 rings (SSSR count). The number of rotatable bonds is 4. The molecule has 1 heterocycles. The third-order valence-corrected chi connectivity index (χ3v) is 2.17. The molecule has 0 saturated carbocycles. The van der Waals surface area contributed by atoms with Gasteiger partial charge in [0.1, 0.15) is 24.2 Å². The summed E-state index contributed by atoms with van der Waals surface area (Å²) in [4.78, 5) is 0. The van der Waals surface area contributed by atoms with E-state index in [-0.39, 0.29) is 0 Å². The van der Waals surface area contributed by atoms with Crippen LogP contribution in [0, 0.1) is 0 Å². The van der Waals surface area contributed by atoms with Crippen LogP contribution >= 0.6 is 0 Å². The molecule has 0 atom stereocenters. The topological polar surface area (TPSA) is 61.5 Å². The maximum Gasteiger partial charge on any atom is 0.141 e. The van der Waals surface area contributed by atoms with Crippen molar-refractivity contribution in [2.45, 2.75) is 0 Å². The van der Waals surface area contributed by atoms with E-state index in [1.54, 1.807) is 20.4 Å². The summed E-state index contributed by atoms with van der Waals surface area (Å²) in [5.74, 6) is 1.47. The maximum absolute atomic E-state index is 5.23. The first-order valence-electron chi connectivity index (χ1n) is 4.94. The lowest BCUT2D eigenvalue weighted by atomic mass is 10.2. The third kappa shape index (κ3) is 2.60. The first-order chi connectivity index (χ1) is 8.33. The normalized spacial score (nSPS) is 10.7. The largest absolute Gasteiger partial charge is 0.497 e. The highest BCUT2D eigenvalue weighted by molar-refractivity contribution is 5.84. The molecule has 1 aromatic carbocycles. The van der Waals surface area contributed by atoms with E-state index >= 15 is 0 Å². The fourth-order valence-corrected chi connectivity index (χ4v) is 1.32. The molecule has 2 aromatic rings. The Hall–Kier alpha value is -2.37. The van der Waals surface area contributed by atoms with Gasteiger partial charge in [-0.15, -0.1) is 10.2 Å². The first-order valence-corrected chi connectivity index (χ1v) is 4.94. The van der Waals surface area contributed by atoms with Crippen LogP contribution in [0.25, 0.3) is 0 Å². The van der Waals surface area contributed by atoms with E-state index in [1.165, 1.54) is 17.3 Å². The van der Waals surface area contributed by atoms with E-state index < -0.39 is 0 Å². The van der Waals surface area contributed by atoms with Crippen molar-refractivity contribution >= 4 is 6.21 Å². The van der Waals surface area contributed by atoms with Crippen molar-refractivity contribution in [3.63, 3.8) is 0 Å². The van der Waals surface area contributed by atoms with Crippen molar-refractivity contribution in [2.75, 3.05) is 14.2 Å². The van der Waals surface area contributed by atoms with Crippen LogP contribution in [0.4, 0.5) is 0 Å².